The van der Waals surface area contributed by atoms with Crippen LogP contribution < -0.4 is 16.0 Å². The first-order valence-corrected chi connectivity index (χ1v) is 7.70. The highest BCUT2D eigenvalue weighted by molar-refractivity contribution is 5.29. The molecule has 0 bridgehead atoms. The molecule has 1 heterocycles. The summed E-state index contributed by atoms with van der Waals surface area (Å²) in [5.41, 5.74) is 4.03. The highest BCUT2D eigenvalue weighted by Gasteiger charge is 2.29. The number of hydrogen-bond donors (Lipinski definition) is 2. The van der Waals surface area contributed by atoms with Gasteiger partial charge in [-0.05, 0) is 38.5 Å². The Morgan fingerprint density at radius 1 is 1.38 bits per heavy atom. The molecule has 5 heteroatoms. The lowest BCUT2D eigenvalue weighted by Gasteiger charge is -2.38. The van der Waals surface area contributed by atoms with Crippen molar-refractivity contribution >= 4 is 0 Å². The third-order valence-corrected chi connectivity index (χ3v) is 3.96. The van der Waals surface area contributed by atoms with E-state index in [2.05, 4.69) is 24.2 Å². The predicted molar refractivity (Wildman–Crippen MR) is 84.1 cm³/mol. The third-order valence-electron chi connectivity index (χ3n) is 3.96. The first-order chi connectivity index (χ1) is 10.2. The van der Waals surface area contributed by atoms with Crippen molar-refractivity contribution in [3.63, 3.8) is 0 Å². The summed E-state index contributed by atoms with van der Waals surface area (Å²) < 4.78 is 11.4. The molecule has 2 rings (SSSR count). The summed E-state index contributed by atoms with van der Waals surface area (Å²) in [6.07, 6.45) is 0.0593. The summed E-state index contributed by atoms with van der Waals surface area (Å²) in [7, 11) is 0. The monoisotopic (exact) mass is 293 g/mol. The Kier molecular flexibility index (Phi) is 5.99. The lowest BCUT2D eigenvalue weighted by atomic mass is 10.00. The summed E-state index contributed by atoms with van der Waals surface area (Å²) in [5.74, 6) is 6.65. The summed E-state index contributed by atoms with van der Waals surface area (Å²) >= 11 is 0. The highest BCUT2D eigenvalue weighted by atomic mass is 16.5. The van der Waals surface area contributed by atoms with Crippen molar-refractivity contribution in [3.8, 4) is 5.75 Å². The zero-order chi connectivity index (χ0) is 15.2. The van der Waals surface area contributed by atoms with Crippen LogP contribution in [0.15, 0.2) is 24.3 Å². The van der Waals surface area contributed by atoms with Gasteiger partial charge in [0.1, 0.15) is 5.75 Å². The minimum absolute atomic E-state index is 0.0118. The molecule has 1 saturated heterocycles. The molecule has 1 aliphatic rings. The second-order valence-corrected chi connectivity index (χ2v) is 5.64. The van der Waals surface area contributed by atoms with Gasteiger partial charge in [0.2, 0.25) is 0 Å². The van der Waals surface area contributed by atoms with Gasteiger partial charge < -0.3 is 9.47 Å². The van der Waals surface area contributed by atoms with Crippen LogP contribution in [-0.2, 0) is 4.74 Å². The van der Waals surface area contributed by atoms with Crippen LogP contribution >= 0.6 is 0 Å². The molecule has 0 saturated carbocycles. The largest absolute Gasteiger partial charge is 0.494 e. The number of hydrogen-bond acceptors (Lipinski definition) is 5. The first kappa shape index (κ1) is 16.2. The van der Waals surface area contributed by atoms with Crippen LogP contribution in [0.5, 0.6) is 5.75 Å². The average Bonchev–Trinajstić information content (AvgIpc) is 2.50. The number of morpholine rings is 1. The molecule has 0 amide bonds. The Labute approximate surface area is 127 Å². The molecule has 0 radical (unpaired) electrons. The average molecular weight is 293 g/mol. The molecular weight excluding hydrogens is 266 g/mol. The van der Waals surface area contributed by atoms with Gasteiger partial charge in [-0.2, -0.15) is 0 Å². The maximum Gasteiger partial charge on any atom is 0.119 e. The lowest BCUT2D eigenvalue weighted by molar-refractivity contribution is -0.0561. The molecule has 21 heavy (non-hydrogen) atoms. The van der Waals surface area contributed by atoms with Crippen molar-refractivity contribution in [1.29, 1.82) is 0 Å². The molecule has 118 valence electrons. The van der Waals surface area contributed by atoms with E-state index in [1.165, 1.54) is 0 Å². The SMILES string of the molecule is CCOc1ccc(C(NN)C2CN(C(C)C)CCO2)cc1. The summed E-state index contributed by atoms with van der Waals surface area (Å²) in [5, 5.41) is 0. The van der Waals surface area contributed by atoms with E-state index < -0.39 is 0 Å². The van der Waals surface area contributed by atoms with Crippen molar-refractivity contribution < 1.29 is 9.47 Å². The van der Waals surface area contributed by atoms with Gasteiger partial charge in [-0.25, -0.2) is 0 Å². The van der Waals surface area contributed by atoms with Crippen LogP contribution in [0, 0.1) is 0 Å². The number of ether oxygens (including phenoxy) is 2. The van der Waals surface area contributed by atoms with Crippen LogP contribution in [0.2, 0.25) is 0 Å². The standard InChI is InChI=1S/C16H27N3O2/c1-4-20-14-7-5-13(6-8-14)16(18-17)15-11-19(12(2)3)9-10-21-15/h5-8,12,15-16,18H,4,9-11,17H2,1-3H3. The molecule has 1 aromatic rings. The molecule has 1 aromatic carbocycles. The zero-order valence-electron chi connectivity index (χ0n) is 13.2. The van der Waals surface area contributed by atoms with Gasteiger partial charge in [0.15, 0.2) is 0 Å². The second kappa shape index (κ2) is 7.75. The molecule has 2 unspecified atom stereocenters. The lowest BCUT2D eigenvalue weighted by Crippen LogP contribution is -2.51. The first-order valence-electron chi connectivity index (χ1n) is 7.70. The van der Waals surface area contributed by atoms with Gasteiger partial charge in [0.25, 0.3) is 0 Å². The van der Waals surface area contributed by atoms with Gasteiger partial charge in [-0.3, -0.25) is 16.2 Å². The number of nitrogens with two attached hydrogens (primary N) is 1. The van der Waals surface area contributed by atoms with Gasteiger partial charge in [0, 0.05) is 19.1 Å². The smallest absolute Gasteiger partial charge is 0.119 e. The molecule has 0 aromatic heterocycles. The fourth-order valence-corrected chi connectivity index (χ4v) is 2.72. The van der Waals surface area contributed by atoms with Gasteiger partial charge in [0.05, 0.1) is 25.4 Å². The van der Waals surface area contributed by atoms with Crippen LogP contribution in [-0.4, -0.2) is 43.3 Å². The molecule has 0 aliphatic carbocycles. The quantitative estimate of drug-likeness (QED) is 0.617. The minimum atomic E-state index is -0.0118. The molecule has 0 spiro atoms. The zero-order valence-corrected chi connectivity index (χ0v) is 13.2. The van der Waals surface area contributed by atoms with Gasteiger partial charge >= 0.3 is 0 Å². The summed E-state index contributed by atoms with van der Waals surface area (Å²) in [6.45, 7) is 9.70. The Morgan fingerprint density at radius 2 is 2.10 bits per heavy atom. The Morgan fingerprint density at radius 3 is 2.67 bits per heavy atom. The molecular formula is C16H27N3O2. The maximum atomic E-state index is 5.93. The second-order valence-electron chi connectivity index (χ2n) is 5.64. The topological polar surface area (TPSA) is 59.8 Å². The number of benzene rings is 1. The van der Waals surface area contributed by atoms with E-state index in [-0.39, 0.29) is 12.1 Å². The summed E-state index contributed by atoms with van der Waals surface area (Å²) in [4.78, 5) is 2.42. The van der Waals surface area contributed by atoms with Crippen molar-refractivity contribution in [3.05, 3.63) is 29.8 Å². The number of nitrogens with one attached hydrogen (secondary N) is 1. The molecule has 5 nitrogen and oxygen atoms in total. The number of hydrazine groups is 1. The molecule has 1 aliphatic heterocycles. The van der Waals surface area contributed by atoms with E-state index in [0.29, 0.717) is 12.6 Å². The Bertz CT molecular complexity index is 422. The van der Waals surface area contributed by atoms with E-state index in [4.69, 9.17) is 15.3 Å². The van der Waals surface area contributed by atoms with Crippen LogP contribution in [0.4, 0.5) is 0 Å². The molecule has 2 atom stereocenters. The fraction of sp³-hybridized carbons (Fsp3) is 0.625. The van der Waals surface area contributed by atoms with E-state index in [1.54, 1.807) is 0 Å². The van der Waals surface area contributed by atoms with Crippen molar-refractivity contribution in [1.82, 2.24) is 10.3 Å². The number of rotatable bonds is 6. The molecule has 3 N–H and O–H groups in total. The maximum absolute atomic E-state index is 5.93. The van der Waals surface area contributed by atoms with E-state index in [0.717, 1.165) is 31.0 Å². The van der Waals surface area contributed by atoms with E-state index >= 15 is 0 Å². The normalized spacial score (nSPS) is 21.5. The Hall–Kier alpha value is -1.14. The third kappa shape index (κ3) is 4.17. The predicted octanol–water partition coefficient (Wildman–Crippen LogP) is 1.70. The highest BCUT2D eigenvalue weighted by Crippen LogP contribution is 2.24. The molecule has 1 fully saturated rings. The van der Waals surface area contributed by atoms with Crippen molar-refractivity contribution in [2.75, 3.05) is 26.3 Å². The number of nitrogens with zero attached hydrogens (tertiary/aromatic N) is 1. The van der Waals surface area contributed by atoms with E-state index in [9.17, 15) is 0 Å². The van der Waals surface area contributed by atoms with Gasteiger partial charge in [-0.1, -0.05) is 12.1 Å². The Balaban J connectivity index is 2.07. The van der Waals surface area contributed by atoms with Crippen LogP contribution in [0.25, 0.3) is 0 Å². The minimum Gasteiger partial charge on any atom is -0.494 e. The van der Waals surface area contributed by atoms with Crippen molar-refractivity contribution in [2.45, 2.75) is 39.0 Å². The van der Waals surface area contributed by atoms with Crippen LogP contribution in [0.3, 0.4) is 0 Å². The van der Waals surface area contributed by atoms with Gasteiger partial charge in [-0.15, -0.1) is 0 Å². The van der Waals surface area contributed by atoms with Crippen molar-refractivity contribution in [2.24, 2.45) is 5.84 Å². The van der Waals surface area contributed by atoms with Crippen LogP contribution in [0.1, 0.15) is 32.4 Å². The summed E-state index contributed by atoms with van der Waals surface area (Å²) in [6, 6.07) is 8.57. The van der Waals surface area contributed by atoms with E-state index in [1.807, 2.05) is 31.2 Å². The fourth-order valence-electron chi connectivity index (χ4n) is 2.72.